The minimum atomic E-state index is -4.59. The monoisotopic (exact) mass is 317 g/mol. The van der Waals surface area contributed by atoms with E-state index in [-0.39, 0.29) is 22.1 Å². The van der Waals surface area contributed by atoms with Gasteiger partial charge in [0.05, 0.1) is 16.9 Å². The summed E-state index contributed by atoms with van der Waals surface area (Å²) in [4.78, 5) is 18.2. The van der Waals surface area contributed by atoms with Crippen LogP contribution in [0, 0.1) is 0 Å². The molecule has 0 aliphatic rings. The standard InChI is InChI=1S/C12H7ClF3N3O2/c13-10-4-8(17-5-18-10)7-2-1-6(12(14,15)16)3-9(7)19-11(20)21/h1-5,19H,(H,20,21). The normalized spacial score (nSPS) is 11.2. The minimum Gasteiger partial charge on any atom is -0.465 e. The van der Waals surface area contributed by atoms with Crippen molar-refractivity contribution >= 4 is 23.4 Å². The summed E-state index contributed by atoms with van der Waals surface area (Å²) in [7, 11) is 0. The first kappa shape index (κ1) is 15.0. The molecule has 0 bridgehead atoms. The van der Waals surface area contributed by atoms with E-state index in [1.807, 2.05) is 5.32 Å². The zero-order valence-electron chi connectivity index (χ0n) is 10.1. The highest BCUT2D eigenvalue weighted by molar-refractivity contribution is 6.29. The molecule has 2 N–H and O–H groups in total. The van der Waals surface area contributed by atoms with E-state index in [2.05, 4.69) is 9.97 Å². The number of anilines is 1. The fourth-order valence-corrected chi connectivity index (χ4v) is 1.79. The smallest absolute Gasteiger partial charge is 0.416 e. The van der Waals surface area contributed by atoms with Crippen LogP contribution in [0.4, 0.5) is 23.7 Å². The number of halogens is 4. The summed E-state index contributed by atoms with van der Waals surface area (Å²) in [6.45, 7) is 0. The van der Waals surface area contributed by atoms with E-state index in [0.29, 0.717) is 6.07 Å². The van der Waals surface area contributed by atoms with Gasteiger partial charge in [0.15, 0.2) is 0 Å². The van der Waals surface area contributed by atoms with Crippen LogP contribution in [0.25, 0.3) is 11.3 Å². The Labute approximate surface area is 121 Å². The van der Waals surface area contributed by atoms with Gasteiger partial charge in [-0.05, 0) is 12.1 Å². The summed E-state index contributed by atoms with van der Waals surface area (Å²) in [6.07, 6.45) is -4.95. The minimum absolute atomic E-state index is 0.0844. The summed E-state index contributed by atoms with van der Waals surface area (Å²) >= 11 is 5.69. The summed E-state index contributed by atoms with van der Waals surface area (Å²) < 4.78 is 38.0. The Hall–Kier alpha value is -2.35. The van der Waals surface area contributed by atoms with Gasteiger partial charge in [0.25, 0.3) is 0 Å². The van der Waals surface area contributed by atoms with Crippen LogP contribution in [0.15, 0.2) is 30.6 Å². The van der Waals surface area contributed by atoms with E-state index >= 15 is 0 Å². The zero-order chi connectivity index (χ0) is 15.6. The van der Waals surface area contributed by atoms with E-state index in [1.54, 1.807) is 0 Å². The van der Waals surface area contributed by atoms with Crippen molar-refractivity contribution < 1.29 is 23.1 Å². The van der Waals surface area contributed by atoms with E-state index in [9.17, 15) is 18.0 Å². The van der Waals surface area contributed by atoms with E-state index in [1.165, 1.54) is 6.07 Å². The van der Waals surface area contributed by atoms with Gasteiger partial charge in [-0.2, -0.15) is 13.2 Å². The van der Waals surface area contributed by atoms with Crippen molar-refractivity contribution in [2.24, 2.45) is 0 Å². The second-order valence-electron chi connectivity index (χ2n) is 3.91. The molecule has 0 radical (unpaired) electrons. The van der Waals surface area contributed by atoms with Crippen LogP contribution in [-0.4, -0.2) is 21.2 Å². The first-order valence-corrected chi connectivity index (χ1v) is 5.84. The van der Waals surface area contributed by atoms with Crippen molar-refractivity contribution in [3.05, 3.63) is 41.3 Å². The summed E-state index contributed by atoms with van der Waals surface area (Å²) in [6, 6.07) is 3.96. The quantitative estimate of drug-likeness (QED) is 0.824. The Morgan fingerprint density at radius 1 is 1.24 bits per heavy atom. The Kier molecular flexibility index (Phi) is 3.99. The van der Waals surface area contributed by atoms with Gasteiger partial charge in [0.1, 0.15) is 11.5 Å². The average molecular weight is 318 g/mol. The molecule has 0 saturated carbocycles. The predicted octanol–water partition coefficient (Wildman–Crippen LogP) is 3.91. The molecule has 1 amide bonds. The molecule has 2 rings (SSSR count). The van der Waals surface area contributed by atoms with Gasteiger partial charge < -0.3 is 5.11 Å². The maximum atomic E-state index is 12.7. The van der Waals surface area contributed by atoms with E-state index in [4.69, 9.17) is 16.7 Å². The molecule has 0 atom stereocenters. The van der Waals surface area contributed by atoms with Gasteiger partial charge in [-0.1, -0.05) is 17.7 Å². The number of nitrogens with one attached hydrogen (secondary N) is 1. The molecule has 9 heteroatoms. The second kappa shape index (κ2) is 5.57. The lowest BCUT2D eigenvalue weighted by Crippen LogP contribution is -2.11. The number of nitrogens with zero attached hydrogens (tertiary/aromatic N) is 2. The SMILES string of the molecule is O=C(O)Nc1cc(C(F)(F)F)ccc1-c1cc(Cl)ncn1. The molecule has 1 aromatic heterocycles. The molecule has 0 aliphatic heterocycles. The van der Waals surface area contributed by atoms with Crippen molar-refractivity contribution in [1.82, 2.24) is 9.97 Å². The van der Waals surface area contributed by atoms with Crippen LogP contribution < -0.4 is 5.32 Å². The highest BCUT2D eigenvalue weighted by Gasteiger charge is 2.31. The fourth-order valence-electron chi connectivity index (χ4n) is 1.64. The lowest BCUT2D eigenvalue weighted by atomic mass is 10.1. The van der Waals surface area contributed by atoms with Gasteiger partial charge in [0, 0.05) is 11.6 Å². The molecule has 0 spiro atoms. The molecule has 1 heterocycles. The molecule has 0 aliphatic carbocycles. The topological polar surface area (TPSA) is 75.1 Å². The Morgan fingerprint density at radius 3 is 2.52 bits per heavy atom. The van der Waals surface area contributed by atoms with Gasteiger partial charge in [0.2, 0.25) is 0 Å². The number of benzene rings is 1. The number of amides is 1. The maximum absolute atomic E-state index is 12.7. The number of rotatable bonds is 2. The third kappa shape index (κ3) is 3.60. The summed E-state index contributed by atoms with van der Waals surface area (Å²) in [5.74, 6) is 0. The van der Waals surface area contributed by atoms with Crippen molar-refractivity contribution in [1.29, 1.82) is 0 Å². The summed E-state index contributed by atoms with van der Waals surface area (Å²) in [5.41, 5.74) is -0.857. The zero-order valence-corrected chi connectivity index (χ0v) is 10.9. The molecular weight excluding hydrogens is 311 g/mol. The first-order chi connectivity index (χ1) is 9.77. The fraction of sp³-hybridized carbons (Fsp3) is 0.0833. The maximum Gasteiger partial charge on any atom is 0.416 e. The van der Waals surface area contributed by atoms with E-state index in [0.717, 1.165) is 18.5 Å². The molecule has 2 aromatic rings. The number of carbonyl (C=O) groups is 1. The highest BCUT2D eigenvalue weighted by atomic mass is 35.5. The molecule has 0 saturated heterocycles. The van der Waals surface area contributed by atoms with Crippen LogP contribution >= 0.6 is 11.6 Å². The van der Waals surface area contributed by atoms with Crippen LogP contribution in [0.2, 0.25) is 5.15 Å². The molecular formula is C12H7ClF3N3O2. The number of aromatic nitrogens is 2. The Bertz CT molecular complexity index is 692. The highest BCUT2D eigenvalue weighted by Crippen LogP contribution is 2.35. The second-order valence-corrected chi connectivity index (χ2v) is 4.30. The summed E-state index contributed by atoms with van der Waals surface area (Å²) in [5, 5.41) is 10.7. The van der Waals surface area contributed by atoms with Gasteiger partial charge in [-0.3, -0.25) is 5.32 Å². The van der Waals surface area contributed by atoms with Crippen LogP contribution in [0.3, 0.4) is 0 Å². The van der Waals surface area contributed by atoms with Gasteiger partial charge in [-0.25, -0.2) is 14.8 Å². The van der Waals surface area contributed by atoms with Crippen LogP contribution in [0.1, 0.15) is 5.56 Å². The number of hydrogen-bond acceptors (Lipinski definition) is 3. The first-order valence-electron chi connectivity index (χ1n) is 5.46. The van der Waals surface area contributed by atoms with Gasteiger partial charge in [-0.15, -0.1) is 0 Å². The van der Waals surface area contributed by atoms with Crippen molar-refractivity contribution in [3.8, 4) is 11.3 Å². The lowest BCUT2D eigenvalue weighted by molar-refractivity contribution is -0.137. The molecule has 0 unspecified atom stereocenters. The van der Waals surface area contributed by atoms with Crippen molar-refractivity contribution in [2.45, 2.75) is 6.18 Å². The molecule has 5 nitrogen and oxygen atoms in total. The molecule has 0 fully saturated rings. The average Bonchev–Trinajstić information content (AvgIpc) is 2.36. The van der Waals surface area contributed by atoms with Crippen molar-refractivity contribution in [3.63, 3.8) is 0 Å². The van der Waals surface area contributed by atoms with Crippen molar-refractivity contribution in [2.75, 3.05) is 5.32 Å². The largest absolute Gasteiger partial charge is 0.465 e. The number of alkyl halides is 3. The Morgan fingerprint density at radius 2 is 1.95 bits per heavy atom. The van der Waals surface area contributed by atoms with Crippen LogP contribution in [0.5, 0.6) is 0 Å². The lowest BCUT2D eigenvalue weighted by Gasteiger charge is -2.13. The van der Waals surface area contributed by atoms with Gasteiger partial charge >= 0.3 is 12.3 Å². The third-order valence-corrected chi connectivity index (χ3v) is 2.70. The number of hydrogen-bond donors (Lipinski definition) is 2. The van der Waals surface area contributed by atoms with Crippen LogP contribution in [-0.2, 0) is 6.18 Å². The molecule has 21 heavy (non-hydrogen) atoms. The molecule has 1 aromatic carbocycles. The predicted molar refractivity (Wildman–Crippen MR) is 69.1 cm³/mol. The van der Waals surface area contributed by atoms with E-state index < -0.39 is 17.8 Å². The number of carboxylic acid groups (broad SMARTS) is 1. The molecule has 110 valence electrons. The Balaban J connectivity index is 2.57. The third-order valence-electron chi connectivity index (χ3n) is 2.50.